The first-order valence-corrected chi connectivity index (χ1v) is 10.7. The van der Waals surface area contributed by atoms with E-state index in [0.717, 1.165) is 16.7 Å². The molecule has 7 heteroatoms. The van der Waals surface area contributed by atoms with Gasteiger partial charge in [0.25, 0.3) is 0 Å². The minimum absolute atomic E-state index is 0.0132. The Hall–Kier alpha value is -2.69. The second-order valence-electron chi connectivity index (χ2n) is 6.33. The zero-order valence-electron chi connectivity index (χ0n) is 15.5. The number of nitrogens with one attached hydrogen (secondary N) is 1. The smallest absolute Gasteiger partial charge is 0.240 e. The van der Waals surface area contributed by atoms with Crippen LogP contribution in [0, 0.1) is 11.3 Å². The van der Waals surface area contributed by atoms with Gasteiger partial charge < -0.3 is 4.74 Å². The van der Waals surface area contributed by atoms with Crippen LogP contribution >= 0.6 is 11.6 Å². The fraction of sp³-hybridized carbons (Fsp3) is 0.136. The molecule has 3 aromatic carbocycles. The summed E-state index contributed by atoms with van der Waals surface area (Å²) in [5.74, 6) is 0. The Bertz CT molecular complexity index is 1130. The predicted octanol–water partition coefficient (Wildman–Crippen LogP) is 4.41. The molecule has 3 rings (SSSR count). The van der Waals surface area contributed by atoms with Crippen molar-refractivity contribution in [1.29, 1.82) is 5.26 Å². The Morgan fingerprint density at radius 3 is 2.31 bits per heavy atom. The van der Waals surface area contributed by atoms with E-state index in [4.69, 9.17) is 21.6 Å². The van der Waals surface area contributed by atoms with E-state index in [1.165, 1.54) is 18.2 Å². The predicted molar refractivity (Wildman–Crippen MR) is 112 cm³/mol. The molecule has 148 valence electrons. The SMILES string of the molecule is N#Cc1ccc(S(=O)(=O)NCc2ccccc2COCc2ccccc2)cc1Cl. The van der Waals surface area contributed by atoms with Gasteiger partial charge in [-0.3, -0.25) is 0 Å². The number of nitriles is 1. The number of rotatable bonds is 8. The maximum atomic E-state index is 12.6. The number of nitrogens with zero attached hydrogens (tertiary/aromatic N) is 1. The molecule has 0 unspecified atom stereocenters. The van der Waals surface area contributed by atoms with Crippen LogP contribution in [0.4, 0.5) is 0 Å². The maximum Gasteiger partial charge on any atom is 0.240 e. The first-order valence-electron chi connectivity index (χ1n) is 8.87. The van der Waals surface area contributed by atoms with E-state index in [1.54, 1.807) is 0 Å². The van der Waals surface area contributed by atoms with Crippen molar-refractivity contribution in [3.63, 3.8) is 0 Å². The van der Waals surface area contributed by atoms with Crippen LogP contribution in [0.15, 0.2) is 77.7 Å². The van der Waals surface area contributed by atoms with Gasteiger partial charge in [0.05, 0.1) is 28.7 Å². The van der Waals surface area contributed by atoms with Crippen molar-refractivity contribution in [1.82, 2.24) is 4.72 Å². The standard InChI is InChI=1S/C22H19ClN2O3S/c23-22-12-21(11-10-18(22)13-24)29(26,27)25-14-19-8-4-5-9-20(19)16-28-15-17-6-2-1-3-7-17/h1-12,25H,14-16H2. The van der Waals surface area contributed by atoms with Crippen molar-refractivity contribution in [3.05, 3.63) is 100 Å². The highest BCUT2D eigenvalue weighted by molar-refractivity contribution is 7.89. The van der Waals surface area contributed by atoms with E-state index < -0.39 is 10.0 Å². The third-order valence-corrected chi connectivity index (χ3v) is 6.02. The number of hydrogen-bond donors (Lipinski definition) is 1. The van der Waals surface area contributed by atoms with Crippen molar-refractivity contribution in [2.45, 2.75) is 24.7 Å². The summed E-state index contributed by atoms with van der Waals surface area (Å²) in [6, 6.07) is 23.3. The van der Waals surface area contributed by atoms with Gasteiger partial charge >= 0.3 is 0 Å². The van der Waals surface area contributed by atoms with Crippen LogP contribution in [0.1, 0.15) is 22.3 Å². The van der Waals surface area contributed by atoms with Crippen molar-refractivity contribution >= 4 is 21.6 Å². The molecule has 0 aliphatic carbocycles. The molecule has 0 aliphatic rings. The maximum absolute atomic E-state index is 12.6. The lowest BCUT2D eigenvalue weighted by molar-refractivity contribution is 0.106. The Morgan fingerprint density at radius 1 is 0.931 bits per heavy atom. The number of ether oxygens (including phenoxy) is 1. The minimum Gasteiger partial charge on any atom is -0.372 e. The summed E-state index contributed by atoms with van der Waals surface area (Å²) in [7, 11) is -3.77. The lowest BCUT2D eigenvalue weighted by Gasteiger charge is -2.12. The summed E-state index contributed by atoms with van der Waals surface area (Å²) in [6.45, 7) is 0.963. The van der Waals surface area contributed by atoms with Crippen molar-refractivity contribution < 1.29 is 13.2 Å². The lowest BCUT2D eigenvalue weighted by Crippen LogP contribution is -2.24. The monoisotopic (exact) mass is 426 g/mol. The Labute approximate surface area is 175 Å². The molecule has 0 bridgehead atoms. The summed E-state index contributed by atoms with van der Waals surface area (Å²) >= 11 is 5.95. The molecule has 0 radical (unpaired) electrons. The summed E-state index contributed by atoms with van der Waals surface area (Å²) in [5.41, 5.74) is 3.03. The molecular weight excluding hydrogens is 408 g/mol. The van der Waals surface area contributed by atoms with Crippen LogP contribution in [0.25, 0.3) is 0 Å². The highest BCUT2D eigenvalue weighted by atomic mass is 35.5. The molecule has 0 saturated carbocycles. The molecule has 1 N–H and O–H groups in total. The summed E-state index contributed by atoms with van der Waals surface area (Å²) in [6.07, 6.45) is 0. The van der Waals surface area contributed by atoms with E-state index >= 15 is 0 Å². The zero-order chi connectivity index (χ0) is 20.7. The van der Waals surface area contributed by atoms with E-state index in [9.17, 15) is 8.42 Å². The van der Waals surface area contributed by atoms with Crippen LogP contribution in [0.5, 0.6) is 0 Å². The number of hydrogen-bond acceptors (Lipinski definition) is 4. The second-order valence-corrected chi connectivity index (χ2v) is 8.50. The van der Waals surface area contributed by atoms with Gasteiger partial charge in [-0.1, -0.05) is 66.2 Å². The average Bonchev–Trinajstić information content (AvgIpc) is 2.74. The molecule has 5 nitrogen and oxygen atoms in total. The molecule has 29 heavy (non-hydrogen) atoms. The van der Waals surface area contributed by atoms with Gasteiger partial charge in [-0.2, -0.15) is 5.26 Å². The van der Waals surface area contributed by atoms with E-state index in [0.29, 0.717) is 13.2 Å². The van der Waals surface area contributed by atoms with Gasteiger partial charge in [0.1, 0.15) is 6.07 Å². The quantitative estimate of drug-likeness (QED) is 0.578. The molecule has 0 fully saturated rings. The number of halogens is 1. The first kappa shape index (κ1) is 21.0. The van der Waals surface area contributed by atoms with E-state index in [2.05, 4.69) is 4.72 Å². The third-order valence-electron chi connectivity index (χ3n) is 4.31. The number of sulfonamides is 1. The van der Waals surface area contributed by atoms with E-state index in [-0.39, 0.29) is 22.0 Å². The van der Waals surface area contributed by atoms with Crippen LogP contribution in [0.2, 0.25) is 5.02 Å². The van der Waals surface area contributed by atoms with Crippen LogP contribution < -0.4 is 4.72 Å². The Kier molecular flexibility index (Phi) is 7.02. The van der Waals surface area contributed by atoms with Gasteiger partial charge in [-0.15, -0.1) is 0 Å². The Balaban J connectivity index is 1.66. The molecule has 0 spiro atoms. The van der Waals surface area contributed by atoms with Gasteiger partial charge in [-0.05, 0) is 34.9 Å². The molecule has 0 aliphatic heterocycles. The molecule has 3 aromatic rings. The molecular formula is C22H19ClN2O3S. The normalized spacial score (nSPS) is 11.2. The lowest BCUT2D eigenvalue weighted by atomic mass is 10.1. The molecule has 0 atom stereocenters. The first-order chi connectivity index (χ1) is 14.0. The third kappa shape index (κ3) is 5.66. The van der Waals surface area contributed by atoms with Crippen molar-refractivity contribution in [2.24, 2.45) is 0 Å². The van der Waals surface area contributed by atoms with Gasteiger partial charge in [0, 0.05) is 6.54 Å². The van der Waals surface area contributed by atoms with Gasteiger partial charge in [0.2, 0.25) is 10.0 Å². The van der Waals surface area contributed by atoms with Crippen molar-refractivity contribution in [3.8, 4) is 6.07 Å². The van der Waals surface area contributed by atoms with Gasteiger partial charge in [-0.25, -0.2) is 13.1 Å². The van der Waals surface area contributed by atoms with Crippen molar-refractivity contribution in [2.75, 3.05) is 0 Å². The average molecular weight is 427 g/mol. The number of benzene rings is 3. The molecule has 0 heterocycles. The highest BCUT2D eigenvalue weighted by Crippen LogP contribution is 2.20. The second kappa shape index (κ2) is 9.68. The minimum atomic E-state index is -3.77. The van der Waals surface area contributed by atoms with E-state index in [1.807, 2.05) is 60.7 Å². The highest BCUT2D eigenvalue weighted by Gasteiger charge is 2.16. The summed E-state index contributed by atoms with van der Waals surface area (Å²) in [4.78, 5) is 0.0132. The zero-order valence-corrected chi connectivity index (χ0v) is 17.1. The Morgan fingerprint density at radius 2 is 1.62 bits per heavy atom. The van der Waals surface area contributed by atoms with Crippen LogP contribution in [0.3, 0.4) is 0 Å². The van der Waals surface area contributed by atoms with Gasteiger partial charge in [0.15, 0.2) is 0 Å². The topological polar surface area (TPSA) is 79.2 Å². The summed E-state index contributed by atoms with van der Waals surface area (Å²) < 4.78 is 33.5. The molecule has 0 aromatic heterocycles. The van der Waals surface area contributed by atoms with Crippen LogP contribution in [-0.4, -0.2) is 8.42 Å². The fourth-order valence-electron chi connectivity index (χ4n) is 2.73. The summed E-state index contributed by atoms with van der Waals surface area (Å²) in [5, 5.41) is 9.03. The van der Waals surface area contributed by atoms with Crippen LogP contribution in [-0.2, 0) is 34.5 Å². The molecule has 0 amide bonds. The largest absolute Gasteiger partial charge is 0.372 e. The molecule has 0 saturated heterocycles. The fourth-order valence-corrected chi connectivity index (χ4v) is 4.05.